The lowest BCUT2D eigenvalue weighted by molar-refractivity contribution is 1.11. The first kappa shape index (κ1) is 6.55. The highest BCUT2D eigenvalue weighted by molar-refractivity contribution is 9.08. The number of nitrogens with zero attached hydrogens (tertiary/aromatic N) is 2. The lowest BCUT2D eigenvalue weighted by Crippen LogP contribution is -1.78. The molecule has 48 valence electrons. The molecule has 1 aromatic heterocycles. The van der Waals surface area contributed by atoms with E-state index in [0.717, 1.165) is 11.5 Å². The monoisotopic (exact) mass is 186 g/mol. The van der Waals surface area contributed by atoms with Crippen molar-refractivity contribution in [2.75, 3.05) is 0 Å². The molecule has 2 nitrogen and oxygen atoms in total. The molecular formula is C6H7BrN2. The third-order valence-electron chi connectivity index (χ3n) is 1.05. The summed E-state index contributed by atoms with van der Waals surface area (Å²) in [6.07, 6.45) is 3.58. The van der Waals surface area contributed by atoms with Gasteiger partial charge in [-0.3, -0.25) is 3.59 Å². The van der Waals surface area contributed by atoms with Gasteiger partial charge in [0, 0.05) is 6.20 Å². The fraction of sp³-hybridized carbons (Fsp3) is 0.167. The summed E-state index contributed by atoms with van der Waals surface area (Å²) in [4.78, 5) is 4.13. The van der Waals surface area contributed by atoms with Crippen LogP contribution >= 0.6 is 16.1 Å². The molecule has 0 fully saturated rings. The Kier molecular flexibility index (Phi) is 1.71. The van der Waals surface area contributed by atoms with Gasteiger partial charge in [0.2, 0.25) is 0 Å². The van der Waals surface area contributed by atoms with E-state index in [2.05, 4.69) is 27.7 Å². The van der Waals surface area contributed by atoms with Crippen molar-refractivity contribution in [1.82, 2.24) is 8.58 Å². The Morgan fingerprint density at radius 2 is 2.56 bits per heavy atom. The minimum atomic E-state index is 0.893. The van der Waals surface area contributed by atoms with E-state index in [4.69, 9.17) is 0 Å². The number of aryl methyl sites for hydroxylation is 1. The summed E-state index contributed by atoms with van der Waals surface area (Å²) in [6, 6.07) is 0. The predicted molar refractivity (Wildman–Crippen MR) is 41.4 cm³/mol. The van der Waals surface area contributed by atoms with Crippen LogP contribution in [0.4, 0.5) is 0 Å². The van der Waals surface area contributed by atoms with Crippen molar-refractivity contribution < 1.29 is 0 Å². The first-order valence-electron chi connectivity index (χ1n) is 2.58. The summed E-state index contributed by atoms with van der Waals surface area (Å²) in [5.41, 5.74) is 0.893. The van der Waals surface area contributed by atoms with Gasteiger partial charge in [-0.05, 0) is 13.0 Å². The Morgan fingerprint density at radius 1 is 1.89 bits per heavy atom. The van der Waals surface area contributed by atoms with Crippen LogP contribution in [-0.4, -0.2) is 8.58 Å². The minimum Gasteiger partial charge on any atom is -0.270 e. The molecule has 0 aliphatic carbocycles. The Balaban J connectivity index is 3.11. The summed E-state index contributed by atoms with van der Waals surface area (Å²) in [5, 5.41) is 0. The van der Waals surface area contributed by atoms with E-state index < -0.39 is 0 Å². The summed E-state index contributed by atoms with van der Waals surface area (Å²) in [6.45, 7) is 5.51. The third-order valence-corrected chi connectivity index (χ3v) is 1.77. The van der Waals surface area contributed by atoms with Crippen molar-refractivity contribution in [3.05, 3.63) is 24.3 Å². The van der Waals surface area contributed by atoms with Crippen molar-refractivity contribution >= 4 is 22.2 Å². The molecule has 0 aliphatic heterocycles. The van der Waals surface area contributed by atoms with E-state index in [9.17, 15) is 0 Å². The molecule has 0 unspecified atom stereocenters. The van der Waals surface area contributed by atoms with Crippen LogP contribution in [0, 0.1) is 6.92 Å². The van der Waals surface area contributed by atoms with Crippen LogP contribution in [0.25, 0.3) is 6.08 Å². The molecule has 1 rings (SSSR count). The fourth-order valence-corrected chi connectivity index (χ4v) is 0.860. The van der Waals surface area contributed by atoms with Gasteiger partial charge >= 0.3 is 0 Å². The van der Waals surface area contributed by atoms with Gasteiger partial charge in [-0.1, -0.05) is 6.58 Å². The standard InChI is InChI=1S/C6H7BrN2/c1-3-6-4-9(7)5(2)8-6/h3-4H,1H2,2H3. The molecule has 3 heteroatoms. The van der Waals surface area contributed by atoms with Crippen molar-refractivity contribution in [3.8, 4) is 0 Å². The van der Waals surface area contributed by atoms with E-state index in [1.54, 1.807) is 9.67 Å². The summed E-state index contributed by atoms with van der Waals surface area (Å²) >= 11 is 3.26. The number of imidazole rings is 1. The van der Waals surface area contributed by atoms with E-state index in [1.807, 2.05) is 13.1 Å². The van der Waals surface area contributed by atoms with Gasteiger partial charge in [0.25, 0.3) is 0 Å². The fourth-order valence-electron chi connectivity index (χ4n) is 0.571. The third kappa shape index (κ3) is 1.21. The molecule has 0 aromatic carbocycles. The van der Waals surface area contributed by atoms with Gasteiger partial charge in [-0.2, -0.15) is 0 Å². The lowest BCUT2D eigenvalue weighted by atomic mass is 10.5. The average Bonchev–Trinajstić information content (AvgIpc) is 2.13. The van der Waals surface area contributed by atoms with E-state index in [0.29, 0.717) is 0 Å². The minimum absolute atomic E-state index is 0.893. The zero-order chi connectivity index (χ0) is 6.85. The molecule has 9 heavy (non-hydrogen) atoms. The highest BCUT2D eigenvalue weighted by Crippen LogP contribution is 2.05. The van der Waals surface area contributed by atoms with Crippen LogP contribution in [-0.2, 0) is 0 Å². The van der Waals surface area contributed by atoms with E-state index in [-0.39, 0.29) is 0 Å². The Labute approximate surface area is 62.6 Å². The van der Waals surface area contributed by atoms with Crippen LogP contribution in [0.3, 0.4) is 0 Å². The zero-order valence-corrected chi connectivity index (χ0v) is 6.72. The van der Waals surface area contributed by atoms with Gasteiger partial charge < -0.3 is 0 Å². The molecule has 1 heterocycles. The van der Waals surface area contributed by atoms with Crippen molar-refractivity contribution in [2.45, 2.75) is 6.92 Å². The molecule has 0 spiro atoms. The lowest BCUT2D eigenvalue weighted by Gasteiger charge is -1.83. The number of hydrogen-bond acceptors (Lipinski definition) is 1. The van der Waals surface area contributed by atoms with E-state index >= 15 is 0 Å². The highest BCUT2D eigenvalue weighted by atomic mass is 79.9. The van der Waals surface area contributed by atoms with Gasteiger partial charge in [0.15, 0.2) is 0 Å². The summed E-state index contributed by atoms with van der Waals surface area (Å²) in [7, 11) is 0. The van der Waals surface area contributed by atoms with Crippen LogP contribution < -0.4 is 0 Å². The largest absolute Gasteiger partial charge is 0.270 e. The van der Waals surface area contributed by atoms with Gasteiger partial charge in [0.1, 0.15) is 5.82 Å². The predicted octanol–water partition coefficient (Wildman–Crippen LogP) is 1.99. The van der Waals surface area contributed by atoms with Gasteiger partial charge in [0.05, 0.1) is 21.8 Å². The van der Waals surface area contributed by atoms with Crippen molar-refractivity contribution in [3.63, 3.8) is 0 Å². The highest BCUT2D eigenvalue weighted by Gasteiger charge is 1.95. The normalized spacial score (nSPS) is 9.56. The van der Waals surface area contributed by atoms with Crippen molar-refractivity contribution in [2.24, 2.45) is 0 Å². The van der Waals surface area contributed by atoms with Crippen LogP contribution in [0.5, 0.6) is 0 Å². The van der Waals surface area contributed by atoms with Crippen LogP contribution in [0.2, 0.25) is 0 Å². The molecule has 0 saturated heterocycles. The molecular weight excluding hydrogens is 180 g/mol. The smallest absolute Gasteiger partial charge is 0.116 e. The number of hydrogen-bond donors (Lipinski definition) is 0. The molecule has 1 aromatic rings. The second-order valence-corrected chi connectivity index (χ2v) is 2.49. The molecule has 0 N–H and O–H groups in total. The zero-order valence-electron chi connectivity index (χ0n) is 5.13. The second-order valence-electron chi connectivity index (χ2n) is 1.73. The molecule has 0 amide bonds. The first-order chi connectivity index (χ1) is 4.24. The Hall–Kier alpha value is -0.570. The van der Waals surface area contributed by atoms with Gasteiger partial charge in [-0.25, -0.2) is 4.98 Å². The first-order valence-corrected chi connectivity index (χ1v) is 3.29. The molecule has 0 bridgehead atoms. The van der Waals surface area contributed by atoms with Crippen LogP contribution in [0.1, 0.15) is 11.5 Å². The Bertz CT molecular complexity index is 207. The van der Waals surface area contributed by atoms with E-state index in [1.165, 1.54) is 0 Å². The Morgan fingerprint density at radius 3 is 2.78 bits per heavy atom. The maximum atomic E-state index is 4.13. The maximum absolute atomic E-state index is 4.13. The maximum Gasteiger partial charge on any atom is 0.116 e. The van der Waals surface area contributed by atoms with Crippen LogP contribution in [0.15, 0.2) is 12.8 Å². The molecule has 0 saturated carbocycles. The number of rotatable bonds is 1. The topological polar surface area (TPSA) is 17.8 Å². The average molecular weight is 187 g/mol. The second kappa shape index (κ2) is 2.35. The molecule has 0 aliphatic rings. The van der Waals surface area contributed by atoms with Gasteiger partial charge in [-0.15, -0.1) is 0 Å². The number of halogens is 1. The molecule has 0 radical (unpaired) electrons. The number of aromatic nitrogens is 2. The SMILES string of the molecule is C=Cc1cn(Br)c(C)n1. The summed E-state index contributed by atoms with van der Waals surface area (Å²) < 4.78 is 1.78. The quantitative estimate of drug-likeness (QED) is 0.657. The molecule has 0 atom stereocenters. The van der Waals surface area contributed by atoms with Crippen molar-refractivity contribution in [1.29, 1.82) is 0 Å². The summed E-state index contributed by atoms with van der Waals surface area (Å²) in [5.74, 6) is 0.935.